The van der Waals surface area contributed by atoms with Crippen LogP contribution in [0.1, 0.15) is 56.0 Å². The van der Waals surface area contributed by atoms with E-state index in [1.165, 1.54) is 5.56 Å². The van der Waals surface area contributed by atoms with Gasteiger partial charge in [0.25, 0.3) is 5.91 Å². The van der Waals surface area contributed by atoms with Crippen LogP contribution in [0.2, 0.25) is 0 Å². The highest BCUT2D eigenvalue weighted by atomic mass is 16.5. The molecule has 0 saturated carbocycles. The summed E-state index contributed by atoms with van der Waals surface area (Å²) in [6.07, 6.45) is 3.78. The predicted molar refractivity (Wildman–Crippen MR) is 104 cm³/mol. The SMILES string of the molecule is C[C@@H]1CN(Cc2ccc(C(=O)N3CCCC[C@@H]3[C@H](C)N)cc2)C[C@H](C)O1. The number of benzene rings is 1. The summed E-state index contributed by atoms with van der Waals surface area (Å²) in [6.45, 7) is 9.87. The number of hydrogen-bond donors (Lipinski definition) is 1. The van der Waals surface area contributed by atoms with Crippen LogP contribution in [0.5, 0.6) is 0 Å². The van der Waals surface area contributed by atoms with Crippen LogP contribution in [0.3, 0.4) is 0 Å². The second-order valence-electron chi connectivity index (χ2n) is 8.07. The maximum atomic E-state index is 12.9. The molecule has 1 aromatic carbocycles. The van der Waals surface area contributed by atoms with Crippen LogP contribution in [0.25, 0.3) is 0 Å². The molecule has 26 heavy (non-hydrogen) atoms. The molecule has 1 aromatic rings. The third-order valence-corrected chi connectivity index (χ3v) is 5.52. The standard InChI is InChI=1S/C21H33N3O2/c1-15-12-23(13-16(2)26-15)14-18-7-9-19(10-8-18)21(25)24-11-5-4-6-20(24)17(3)22/h7-10,15-17,20H,4-6,11-14,22H2,1-3H3/t15-,16+,17-,20+/m0/s1. The Morgan fingerprint density at radius 3 is 2.46 bits per heavy atom. The van der Waals surface area contributed by atoms with Gasteiger partial charge in [-0.3, -0.25) is 9.69 Å². The maximum Gasteiger partial charge on any atom is 0.254 e. The van der Waals surface area contributed by atoms with Crippen molar-refractivity contribution < 1.29 is 9.53 Å². The number of nitrogens with two attached hydrogens (primary N) is 1. The fourth-order valence-electron chi connectivity index (χ4n) is 4.35. The zero-order valence-corrected chi connectivity index (χ0v) is 16.4. The molecule has 0 unspecified atom stereocenters. The summed E-state index contributed by atoms with van der Waals surface area (Å²) in [6, 6.07) is 8.29. The molecule has 2 fully saturated rings. The second-order valence-corrected chi connectivity index (χ2v) is 8.07. The number of carbonyl (C=O) groups is 1. The molecule has 0 aliphatic carbocycles. The van der Waals surface area contributed by atoms with Crippen LogP contribution >= 0.6 is 0 Å². The zero-order valence-electron chi connectivity index (χ0n) is 16.4. The highest BCUT2D eigenvalue weighted by molar-refractivity contribution is 5.94. The van der Waals surface area contributed by atoms with Crippen LogP contribution in [0.4, 0.5) is 0 Å². The molecule has 2 N–H and O–H groups in total. The molecular formula is C21H33N3O2. The van der Waals surface area contributed by atoms with E-state index in [2.05, 4.69) is 30.9 Å². The van der Waals surface area contributed by atoms with E-state index in [1.54, 1.807) is 0 Å². The fraction of sp³-hybridized carbons (Fsp3) is 0.667. The Morgan fingerprint density at radius 2 is 1.85 bits per heavy atom. The minimum absolute atomic E-state index is 0.0174. The molecule has 5 nitrogen and oxygen atoms in total. The lowest BCUT2D eigenvalue weighted by Gasteiger charge is -2.38. The number of likely N-dealkylation sites (tertiary alicyclic amines) is 1. The normalized spacial score (nSPS) is 28.8. The van der Waals surface area contributed by atoms with Crippen molar-refractivity contribution in [1.29, 1.82) is 0 Å². The average molecular weight is 360 g/mol. The number of piperidine rings is 1. The number of hydrogen-bond acceptors (Lipinski definition) is 4. The van der Waals surface area contributed by atoms with E-state index in [0.717, 1.165) is 51.0 Å². The van der Waals surface area contributed by atoms with Gasteiger partial charge in [0, 0.05) is 43.8 Å². The first-order valence-corrected chi connectivity index (χ1v) is 9.97. The van der Waals surface area contributed by atoms with Gasteiger partial charge in [-0.25, -0.2) is 0 Å². The molecule has 0 spiro atoms. The summed E-state index contributed by atoms with van der Waals surface area (Å²) >= 11 is 0. The number of morpholine rings is 1. The number of rotatable bonds is 4. The predicted octanol–water partition coefficient (Wildman–Crippen LogP) is 2.64. The van der Waals surface area contributed by atoms with Gasteiger partial charge in [-0.2, -0.15) is 0 Å². The van der Waals surface area contributed by atoms with E-state index in [0.29, 0.717) is 0 Å². The van der Waals surface area contributed by atoms with Gasteiger partial charge < -0.3 is 15.4 Å². The molecule has 2 heterocycles. The van der Waals surface area contributed by atoms with Crippen molar-refractivity contribution >= 4 is 5.91 Å². The third-order valence-electron chi connectivity index (χ3n) is 5.52. The molecule has 2 saturated heterocycles. The first-order valence-electron chi connectivity index (χ1n) is 9.97. The van der Waals surface area contributed by atoms with Gasteiger partial charge in [0.05, 0.1) is 12.2 Å². The van der Waals surface area contributed by atoms with Crippen molar-refractivity contribution in [2.75, 3.05) is 19.6 Å². The van der Waals surface area contributed by atoms with Gasteiger partial charge >= 0.3 is 0 Å². The summed E-state index contributed by atoms with van der Waals surface area (Å²) < 4.78 is 5.80. The van der Waals surface area contributed by atoms with Crippen LogP contribution in [0.15, 0.2) is 24.3 Å². The first kappa shape index (κ1) is 19.3. The van der Waals surface area contributed by atoms with E-state index < -0.39 is 0 Å². The third kappa shape index (κ3) is 4.64. The molecule has 2 aliphatic rings. The summed E-state index contributed by atoms with van der Waals surface area (Å²) in [5.41, 5.74) is 8.12. The smallest absolute Gasteiger partial charge is 0.254 e. The topological polar surface area (TPSA) is 58.8 Å². The van der Waals surface area contributed by atoms with Gasteiger partial charge in [0.2, 0.25) is 0 Å². The summed E-state index contributed by atoms with van der Waals surface area (Å²) in [5, 5.41) is 0. The summed E-state index contributed by atoms with van der Waals surface area (Å²) in [7, 11) is 0. The molecule has 4 atom stereocenters. The first-order chi connectivity index (χ1) is 12.4. The van der Waals surface area contributed by atoms with Gasteiger partial charge in [-0.1, -0.05) is 12.1 Å². The quantitative estimate of drug-likeness (QED) is 0.898. The van der Waals surface area contributed by atoms with Crippen molar-refractivity contribution in [2.24, 2.45) is 5.73 Å². The van der Waals surface area contributed by atoms with Crippen molar-refractivity contribution in [3.8, 4) is 0 Å². The molecule has 5 heteroatoms. The Hall–Kier alpha value is -1.43. The lowest BCUT2D eigenvalue weighted by Crippen LogP contribution is -2.51. The van der Waals surface area contributed by atoms with Crippen LogP contribution in [-0.2, 0) is 11.3 Å². The largest absolute Gasteiger partial charge is 0.373 e. The molecule has 0 aromatic heterocycles. The van der Waals surface area contributed by atoms with Crippen molar-refractivity contribution in [1.82, 2.24) is 9.80 Å². The zero-order chi connectivity index (χ0) is 18.7. The van der Waals surface area contributed by atoms with Crippen molar-refractivity contribution in [3.05, 3.63) is 35.4 Å². The Balaban J connectivity index is 1.64. The summed E-state index contributed by atoms with van der Waals surface area (Å²) in [4.78, 5) is 17.3. The fourth-order valence-corrected chi connectivity index (χ4v) is 4.35. The monoisotopic (exact) mass is 359 g/mol. The van der Waals surface area contributed by atoms with Crippen LogP contribution in [0, 0.1) is 0 Å². The van der Waals surface area contributed by atoms with E-state index in [-0.39, 0.29) is 30.2 Å². The van der Waals surface area contributed by atoms with Gasteiger partial charge in [0.15, 0.2) is 0 Å². The average Bonchev–Trinajstić information content (AvgIpc) is 2.61. The highest BCUT2D eigenvalue weighted by Crippen LogP contribution is 2.22. The molecule has 2 aliphatic heterocycles. The van der Waals surface area contributed by atoms with Crippen LogP contribution < -0.4 is 5.73 Å². The van der Waals surface area contributed by atoms with Crippen molar-refractivity contribution in [2.45, 2.75) is 70.9 Å². The lowest BCUT2D eigenvalue weighted by atomic mass is 9.96. The Kier molecular flexibility index (Phi) is 6.33. The van der Waals surface area contributed by atoms with Gasteiger partial charge in [-0.05, 0) is 57.7 Å². The number of carbonyl (C=O) groups excluding carboxylic acids is 1. The molecule has 0 radical (unpaired) electrons. The maximum absolute atomic E-state index is 12.9. The Labute approximate surface area is 157 Å². The number of amides is 1. The number of ether oxygens (including phenoxy) is 1. The van der Waals surface area contributed by atoms with Gasteiger partial charge in [-0.15, -0.1) is 0 Å². The highest BCUT2D eigenvalue weighted by Gasteiger charge is 2.29. The van der Waals surface area contributed by atoms with Gasteiger partial charge in [0.1, 0.15) is 0 Å². The minimum Gasteiger partial charge on any atom is -0.373 e. The molecule has 3 rings (SSSR count). The van der Waals surface area contributed by atoms with E-state index in [1.807, 2.05) is 24.0 Å². The number of nitrogens with zero attached hydrogens (tertiary/aromatic N) is 2. The van der Waals surface area contributed by atoms with Crippen molar-refractivity contribution in [3.63, 3.8) is 0 Å². The molecular weight excluding hydrogens is 326 g/mol. The van der Waals surface area contributed by atoms with E-state index >= 15 is 0 Å². The molecule has 144 valence electrons. The Morgan fingerprint density at radius 1 is 1.19 bits per heavy atom. The van der Waals surface area contributed by atoms with Crippen LogP contribution in [-0.4, -0.2) is 59.6 Å². The Bertz CT molecular complexity index is 592. The van der Waals surface area contributed by atoms with E-state index in [9.17, 15) is 4.79 Å². The summed E-state index contributed by atoms with van der Waals surface area (Å²) in [5.74, 6) is 0.118. The lowest BCUT2D eigenvalue weighted by molar-refractivity contribution is -0.0704. The molecule has 0 bridgehead atoms. The molecule has 1 amide bonds. The van der Waals surface area contributed by atoms with E-state index in [4.69, 9.17) is 10.5 Å². The second kappa shape index (κ2) is 8.51. The minimum atomic E-state index is 0.0174.